The predicted molar refractivity (Wildman–Crippen MR) is 118 cm³/mol. The van der Waals surface area contributed by atoms with Gasteiger partial charge in [0.15, 0.2) is 0 Å². The highest BCUT2D eigenvalue weighted by Gasteiger charge is 2.35. The van der Waals surface area contributed by atoms with E-state index in [-0.39, 0.29) is 11.9 Å². The Balaban J connectivity index is 1.65. The van der Waals surface area contributed by atoms with Gasteiger partial charge in [-0.2, -0.15) is 5.10 Å². The molecule has 0 fully saturated rings. The van der Waals surface area contributed by atoms with E-state index in [1.807, 2.05) is 18.2 Å². The van der Waals surface area contributed by atoms with Gasteiger partial charge in [0.05, 0.1) is 18.2 Å². The number of halogens is 1. The minimum atomic E-state index is -3.35. The molecule has 3 aromatic rings. The van der Waals surface area contributed by atoms with Crippen LogP contribution in [0.3, 0.4) is 0 Å². The van der Waals surface area contributed by atoms with Crippen LogP contribution in [0.15, 0.2) is 80.9 Å². The van der Waals surface area contributed by atoms with Gasteiger partial charge in [0.2, 0.25) is 10.0 Å². The van der Waals surface area contributed by atoms with Crippen LogP contribution in [0.1, 0.15) is 34.1 Å². The molecule has 2 aromatic carbocycles. The Kier molecular flexibility index (Phi) is 5.48. The van der Waals surface area contributed by atoms with Gasteiger partial charge in [0.25, 0.3) is 5.91 Å². The summed E-state index contributed by atoms with van der Waals surface area (Å²) < 4.78 is 31.7. The number of sulfonamides is 1. The normalized spacial score (nSPS) is 16.4. The lowest BCUT2D eigenvalue weighted by Crippen LogP contribution is -2.26. The molecule has 7 nitrogen and oxygen atoms in total. The van der Waals surface area contributed by atoms with Crippen LogP contribution in [0.2, 0.25) is 0 Å². The molecule has 0 saturated carbocycles. The van der Waals surface area contributed by atoms with Crippen molar-refractivity contribution in [2.24, 2.45) is 5.10 Å². The van der Waals surface area contributed by atoms with E-state index in [1.54, 1.807) is 48.7 Å². The highest BCUT2D eigenvalue weighted by Crippen LogP contribution is 2.34. The molecule has 4 rings (SSSR count). The summed E-state index contributed by atoms with van der Waals surface area (Å²) in [7, 11) is -3.35. The molecule has 154 valence electrons. The molecule has 9 heteroatoms. The largest absolute Gasteiger partial charge is 0.467 e. The molecule has 0 radical (unpaired) electrons. The molecule has 1 aromatic heterocycles. The third-order valence-corrected chi connectivity index (χ3v) is 5.74. The highest BCUT2D eigenvalue weighted by molar-refractivity contribution is 9.10. The first-order valence-corrected chi connectivity index (χ1v) is 11.8. The lowest BCUT2D eigenvalue weighted by molar-refractivity contribution is 0.0693. The number of benzene rings is 2. The molecule has 0 spiro atoms. The van der Waals surface area contributed by atoms with Crippen molar-refractivity contribution >= 4 is 43.3 Å². The fourth-order valence-corrected chi connectivity index (χ4v) is 4.07. The number of hydrazone groups is 1. The molecular weight excluding hydrogens is 470 g/mol. The lowest BCUT2D eigenvalue weighted by Gasteiger charge is -2.19. The topological polar surface area (TPSA) is 92.0 Å². The monoisotopic (exact) mass is 487 g/mol. The Bertz CT molecular complexity index is 1190. The summed E-state index contributed by atoms with van der Waals surface area (Å²) >= 11 is 3.38. The second-order valence-electron chi connectivity index (χ2n) is 6.89. The molecular formula is C21H18BrN3O4S. The van der Waals surface area contributed by atoms with Gasteiger partial charge in [-0.3, -0.25) is 9.52 Å². The van der Waals surface area contributed by atoms with E-state index >= 15 is 0 Å². The number of anilines is 1. The summed E-state index contributed by atoms with van der Waals surface area (Å²) in [6.45, 7) is 0. The third kappa shape index (κ3) is 4.47. The minimum Gasteiger partial charge on any atom is -0.467 e. The van der Waals surface area contributed by atoms with E-state index in [2.05, 4.69) is 25.8 Å². The lowest BCUT2D eigenvalue weighted by atomic mass is 10.0. The van der Waals surface area contributed by atoms with Crippen molar-refractivity contribution in [2.75, 3.05) is 11.0 Å². The number of hydrogen-bond acceptors (Lipinski definition) is 5. The smallest absolute Gasteiger partial charge is 0.274 e. The van der Waals surface area contributed by atoms with E-state index in [4.69, 9.17) is 4.42 Å². The fraction of sp³-hybridized carbons (Fsp3) is 0.143. The third-order valence-electron chi connectivity index (χ3n) is 4.60. The molecule has 1 atom stereocenters. The second-order valence-corrected chi connectivity index (χ2v) is 9.55. The van der Waals surface area contributed by atoms with Crippen LogP contribution in [-0.4, -0.2) is 31.3 Å². The minimum absolute atomic E-state index is 0.228. The highest BCUT2D eigenvalue weighted by atomic mass is 79.9. The van der Waals surface area contributed by atoms with E-state index in [9.17, 15) is 13.2 Å². The number of rotatable bonds is 5. The number of nitrogens with one attached hydrogen (secondary N) is 1. The van der Waals surface area contributed by atoms with Crippen LogP contribution >= 0.6 is 15.9 Å². The summed E-state index contributed by atoms with van der Waals surface area (Å²) in [5.41, 5.74) is 2.50. The van der Waals surface area contributed by atoms with Crippen molar-refractivity contribution in [3.63, 3.8) is 0 Å². The van der Waals surface area contributed by atoms with E-state index in [1.165, 1.54) is 5.01 Å². The fourth-order valence-electron chi connectivity index (χ4n) is 3.24. The first-order chi connectivity index (χ1) is 14.3. The number of hydrogen-bond donors (Lipinski definition) is 1. The SMILES string of the molecule is CS(=O)(=O)Nc1ccc(C2=NN(C(=O)c3ccc(Br)cc3)C(c3ccco3)C2)cc1. The van der Waals surface area contributed by atoms with Crippen molar-refractivity contribution in [1.82, 2.24) is 5.01 Å². The maximum absolute atomic E-state index is 13.1. The summed E-state index contributed by atoms with van der Waals surface area (Å²) in [6, 6.07) is 17.2. The zero-order valence-corrected chi connectivity index (χ0v) is 18.4. The quantitative estimate of drug-likeness (QED) is 0.576. The van der Waals surface area contributed by atoms with Gasteiger partial charge in [0.1, 0.15) is 11.8 Å². The van der Waals surface area contributed by atoms with Crippen LogP contribution in [0.5, 0.6) is 0 Å². The predicted octanol–water partition coefficient (Wildman–Crippen LogP) is 4.41. The average Bonchev–Trinajstić information content (AvgIpc) is 3.37. The Morgan fingerprint density at radius 1 is 1.13 bits per heavy atom. The van der Waals surface area contributed by atoms with Gasteiger partial charge in [-0.25, -0.2) is 13.4 Å². The summed E-state index contributed by atoms with van der Waals surface area (Å²) in [4.78, 5) is 13.1. The molecule has 1 aliphatic rings. The standard InChI is InChI=1S/C21H18BrN3O4S/c1-30(27,28)24-17-10-6-14(7-11-17)18-13-19(20-3-2-12-29-20)25(23-18)21(26)15-4-8-16(22)9-5-15/h2-12,19,24H,13H2,1H3. The zero-order valence-electron chi connectivity index (χ0n) is 15.9. The molecule has 1 N–H and O–H groups in total. The maximum Gasteiger partial charge on any atom is 0.274 e. The van der Waals surface area contributed by atoms with Crippen molar-refractivity contribution in [3.8, 4) is 0 Å². The molecule has 1 amide bonds. The molecule has 1 aliphatic heterocycles. The number of carbonyl (C=O) groups excluding carboxylic acids is 1. The van der Waals surface area contributed by atoms with Crippen LogP contribution in [0.25, 0.3) is 0 Å². The molecule has 30 heavy (non-hydrogen) atoms. The Labute approximate surface area is 182 Å². The number of nitrogens with zero attached hydrogens (tertiary/aromatic N) is 2. The second kappa shape index (κ2) is 8.08. The van der Waals surface area contributed by atoms with Crippen molar-refractivity contribution in [2.45, 2.75) is 12.5 Å². The van der Waals surface area contributed by atoms with Gasteiger partial charge < -0.3 is 4.42 Å². The Morgan fingerprint density at radius 2 is 1.83 bits per heavy atom. The first kappa shape index (κ1) is 20.4. The van der Waals surface area contributed by atoms with Gasteiger partial charge in [-0.1, -0.05) is 28.1 Å². The molecule has 0 aliphatic carbocycles. The van der Waals surface area contributed by atoms with Gasteiger partial charge in [0, 0.05) is 22.1 Å². The van der Waals surface area contributed by atoms with E-state index < -0.39 is 10.0 Å². The zero-order chi connectivity index (χ0) is 21.3. The Morgan fingerprint density at radius 3 is 2.43 bits per heavy atom. The van der Waals surface area contributed by atoms with Gasteiger partial charge in [-0.05, 0) is 54.1 Å². The van der Waals surface area contributed by atoms with Gasteiger partial charge >= 0.3 is 0 Å². The number of amides is 1. The van der Waals surface area contributed by atoms with Crippen LogP contribution in [-0.2, 0) is 10.0 Å². The summed E-state index contributed by atoms with van der Waals surface area (Å²) in [6.07, 6.45) is 3.15. The van der Waals surface area contributed by atoms with Crippen LogP contribution < -0.4 is 4.72 Å². The molecule has 2 heterocycles. The van der Waals surface area contributed by atoms with Gasteiger partial charge in [-0.15, -0.1) is 0 Å². The van der Waals surface area contributed by atoms with E-state index in [0.29, 0.717) is 29.1 Å². The van der Waals surface area contributed by atoms with Crippen molar-refractivity contribution in [3.05, 3.63) is 88.3 Å². The van der Waals surface area contributed by atoms with E-state index in [0.717, 1.165) is 16.3 Å². The molecule has 1 unspecified atom stereocenters. The average molecular weight is 488 g/mol. The number of carbonyl (C=O) groups is 1. The molecule has 0 saturated heterocycles. The summed E-state index contributed by atoms with van der Waals surface area (Å²) in [5, 5.41) is 6.03. The number of furan rings is 1. The van der Waals surface area contributed by atoms with Crippen LogP contribution in [0, 0.1) is 0 Å². The summed E-state index contributed by atoms with van der Waals surface area (Å²) in [5.74, 6) is 0.420. The first-order valence-electron chi connectivity index (χ1n) is 9.08. The van der Waals surface area contributed by atoms with Crippen LogP contribution in [0.4, 0.5) is 5.69 Å². The molecule has 0 bridgehead atoms. The van der Waals surface area contributed by atoms with Crippen molar-refractivity contribution < 1.29 is 17.6 Å². The Hall–Kier alpha value is -2.91. The maximum atomic E-state index is 13.1. The van der Waals surface area contributed by atoms with Crippen molar-refractivity contribution in [1.29, 1.82) is 0 Å².